The van der Waals surface area contributed by atoms with Gasteiger partial charge in [0.05, 0.1) is 0 Å². The molecule has 0 N–H and O–H groups in total. The molecule has 6 heteroatoms. The Morgan fingerprint density at radius 1 is 1.18 bits per heavy atom. The maximum atomic E-state index is 10.9. The molecule has 1 aromatic heterocycles. The van der Waals surface area contributed by atoms with Crippen LogP contribution < -0.4 is 4.74 Å². The van der Waals surface area contributed by atoms with E-state index in [4.69, 9.17) is 4.74 Å². The standard InChI is InChI=1S/C22H27N3O2S/c26-16-24-14-22(15-24)8-5-18(13-22)25-10-6-17(7-11-25)19-3-1-2-4-20(19)27-21-23-9-12-28-21/h1-4,9,12,16-18H,5-8,10-11,13-15H2. The highest BCUT2D eigenvalue weighted by Crippen LogP contribution is 2.47. The third-order valence-corrected chi connectivity index (χ3v) is 7.56. The number of ether oxygens (including phenoxy) is 1. The van der Waals surface area contributed by atoms with Crippen LogP contribution in [-0.2, 0) is 4.79 Å². The van der Waals surface area contributed by atoms with Gasteiger partial charge in [0, 0.05) is 36.1 Å². The molecule has 148 valence electrons. The predicted octanol–water partition coefficient (Wildman–Crippen LogP) is 4.13. The molecule has 2 aromatic rings. The molecule has 0 bridgehead atoms. The highest BCUT2D eigenvalue weighted by atomic mass is 32.1. The molecule has 2 aliphatic heterocycles. The summed E-state index contributed by atoms with van der Waals surface area (Å²) in [4.78, 5) is 19.8. The third kappa shape index (κ3) is 3.44. The largest absolute Gasteiger partial charge is 0.431 e. The molecule has 1 aliphatic carbocycles. The Hall–Kier alpha value is -1.92. The molecule has 3 fully saturated rings. The lowest BCUT2D eigenvalue weighted by Crippen LogP contribution is -2.55. The van der Waals surface area contributed by atoms with Crippen molar-refractivity contribution in [1.29, 1.82) is 0 Å². The Bertz CT molecular complexity index is 811. The second-order valence-corrected chi connectivity index (χ2v) is 9.51. The summed E-state index contributed by atoms with van der Waals surface area (Å²) in [5.74, 6) is 1.51. The van der Waals surface area contributed by atoms with E-state index in [1.165, 1.54) is 49.0 Å². The number of para-hydroxylation sites is 1. The number of thiazole rings is 1. The fourth-order valence-electron chi connectivity index (χ4n) is 5.51. The van der Waals surface area contributed by atoms with Crippen LogP contribution in [0.2, 0.25) is 0 Å². The van der Waals surface area contributed by atoms with Crippen LogP contribution in [0, 0.1) is 5.41 Å². The van der Waals surface area contributed by atoms with Crippen LogP contribution in [0.3, 0.4) is 0 Å². The van der Waals surface area contributed by atoms with Crippen molar-refractivity contribution in [3.63, 3.8) is 0 Å². The van der Waals surface area contributed by atoms with Crippen LogP contribution >= 0.6 is 11.3 Å². The highest BCUT2D eigenvalue weighted by Gasteiger charge is 2.49. The molecule has 5 nitrogen and oxygen atoms in total. The molecule has 2 saturated heterocycles. The van der Waals surface area contributed by atoms with Gasteiger partial charge in [-0.2, -0.15) is 0 Å². The Kier molecular flexibility index (Phi) is 4.85. The lowest BCUT2D eigenvalue weighted by Gasteiger charge is -2.47. The number of piperidine rings is 1. The number of benzene rings is 1. The smallest absolute Gasteiger partial charge is 0.278 e. The second kappa shape index (κ2) is 7.48. The first-order chi connectivity index (χ1) is 13.7. The Labute approximate surface area is 170 Å². The zero-order chi connectivity index (χ0) is 19.0. The van der Waals surface area contributed by atoms with Gasteiger partial charge in [0.15, 0.2) is 0 Å². The summed E-state index contributed by atoms with van der Waals surface area (Å²) in [5, 5.41) is 2.66. The molecular formula is C22H27N3O2S. The lowest BCUT2D eigenvalue weighted by atomic mass is 9.78. The first-order valence-electron chi connectivity index (χ1n) is 10.3. The normalized spacial score (nSPS) is 25.0. The lowest BCUT2D eigenvalue weighted by molar-refractivity contribution is -0.129. The van der Waals surface area contributed by atoms with Crippen LogP contribution in [0.15, 0.2) is 35.8 Å². The van der Waals surface area contributed by atoms with Gasteiger partial charge in [-0.1, -0.05) is 29.5 Å². The zero-order valence-electron chi connectivity index (χ0n) is 16.1. The van der Waals surface area contributed by atoms with Crippen molar-refractivity contribution in [1.82, 2.24) is 14.8 Å². The van der Waals surface area contributed by atoms with Gasteiger partial charge in [-0.05, 0) is 62.7 Å². The Morgan fingerprint density at radius 2 is 2.00 bits per heavy atom. The van der Waals surface area contributed by atoms with E-state index in [9.17, 15) is 4.79 Å². The summed E-state index contributed by atoms with van der Waals surface area (Å²) in [6.07, 6.45) is 9.00. The van der Waals surface area contributed by atoms with Crippen LogP contribution in [0.4, 0.5) is 0 Å². The second-order valence-electron chi connectivity index (χ2n) is 8.66. The maximum absolute atomic E-state index is 10.9. The van der Waals surface area contributed by atoms with Crippen molar-refractivity contribution in [2.24, 2.45) is 5.41 Å². The van der Waals surface area contributed by atoms with Crippen molar-refractivity contribution in [2.75, 3.05) is 26.2 Å². The minimum Gasteiger partial charge on any atom is -0.431 e. The minimum absolute atomic E-state index is 0.427. The summed E-state index contributed by atoms with van der Waals surface area (Å²) in [6.45, 7) is 4.28. The Morgan fingerprint density at radius 3 is 2.75 bits per heavy atom. The number of likely N-dealkylation sites (tertiary alicyclic amines) is 2. The van der Waals surface area contributed by atoms with Gasteiger partial charge in [-0.15, -0.1) is 0 Å². The van der Waals surface area contributed by atoms with Crippen molar-refractivity contribution < 1.29 is 9.53 Å². The average molecular weight is 398 g/mol. The maximum Gasteiger partial charge on any atom is 0.278 e. The average Bonchev–Trinajstić information content (AvgIpc) is 3.37. The quantitative estimate of drug-likeness (QED) is 0.712. The van der Waals surface area contributed by atoms with E-state index in [0.29, 0.717) is 22.6 Å². The zero-order valence-corrected chi connectivity index (χ0v) is 16.9. The molecule has 3 heterocycles. The van der Waals surface area contributed by atoms with Crippen LogP contribution in [0.1, 0.15) is 43.6 Å². The molecule has 1 spiro atoms. The molecular weight excluding hydrogens is 370 g/mol. The van der Waals surface area contributed by atoms with Gasteiger partial charge in [0.1, 0.15) is 5.75 Å². The van der Waals surface area contributed by atoms with E-state index in [1.54, 1.807) is 6.20 Å². The number of amides is 1. The van der Waals surface area contributed by atoms with Crippen molar-refractivity contribution in [3.05, 3.63) is 41.4 Å². The van der Waals surface area contributed by atoms with E-state index in [0.717, 1.165) is 38.3 Å². The number of aromatic nitrogens is 1. The van der Waals surface area contributed by atoms with Gasteiger partial charge in [0.2, 0.25) is 6.41 Å². The van der Waals surface area contributed by atoms with Gasteiger partial charge < -0.3 is 14.5 Å². The molecule has 1 saturated carbocycles. The van der Waals surface area contributed by atoms with E-state index in [2.05, 4.69) is 28.1 Å². The SMILES string of the molecule is O=CN1CC2(CCC(N3CCC(c4ccccc4Oc4nccs4)CC3)C2)C1. The monoisotopic (exact) mass is 397 g/mol. The summed E-state index contributed by atoms with van der Waals surface area (Å²) >= 11 is 1.53. The number of rotatable bonds is 5. The van der Waals surface area contributed by atoms with Gasteiger partial charge in [0.25, 0.3) is 5.19 Å². The van der Waals surface area contributed by atoms with Gasteiger partial charge in [-0.25, -0.2) is 4.98 Å². The molecule has 5 rings (SSSR count). The molecule has 3 aliphatic rings. The van der Waals surface area contributed by atoms with E-state index >= 15 is 0 Å². The first kappa shape index (κ1) is 18.1. The molecule has 1 unspecified atom stereocenters. The van der Waals surface area contributed by atoms with Gasteiger partial charge in [-0.3, -0.25) is 4.79 Å². The summed E-state index contributed by atoms with van der Waals surface area (Å²) < 4.78 is 6.06. The summed E-state index contributed by atoms with van der Waals surface area (Å²) in [5.41, 5.74) is 1.75. The molecule has 0 radical (unpaired) electrons. The molecule has 1 aromatic carbocycles. The van der Waals surface area contributed by atoms with Crippen molar-refractivity contribution in [3.8, 4) is 10.9 Å². The topological polar surface area (TPSA) is 45.7 Å². The van der Waals surface area contributed by atoms with Crippen LogP contribution in [0.5, 0.6) is 10.9 Å². The number of hydrogen-bond donors (Lipinski definition) is 0. The first-order valence-corrected chi connectivity index (χ1v) is 11.2. The highest BCUT2D eigenvalue weighted by molar-refractivity contribution is 7.11. The summed E-state index contributed by atoms with van der Waals surface area (Å²) in [7, 11) is 0. The van der Waals surface area contributed by atoms with E-state index in [-0.39, 0.29) is 0 Å². The summed E-state index contributed by atoms with van der Waals surface area (Å²) in [6, 6.07) is 9.15. The van der Waals surface area contributed by atoms with E-state index in [1.807, 2.05) is 16.3 Å². The van der Waals surface area contributed by atoms with Crippen LogP contribution in [-0.4, -0.2) is 53.4 Å². The Balaban J connectivity index is 1.20. The van der Waals surface area contributed by atoms with E-state index < -0.39 is 0 Å². The third-order valence-electron chi connectivity index (χ3n) is 6.91. The molecule has 1 amide bonds. The number of carbonyl (C=O) groups is 1. The van der Waals surface area contributed by atoms with Crippen LogP contribution in [0.25, 0.3) is 0 Å². The number of hydrogen-bond acceptors (Lipinski definition) is 5. The minimum atomic E-state index is 0.427. The molecule has 1 atom stereocenters. The van der Waals surface area contributed by atoms with Gasteiger partial charge >= 0.3 is 0 Å². The number of nitrogens with zero attached hydrogens (tertiary/aromatic N) is 3. The van der Waals surface area contributed by atoms with Crippen molar-refractivity contribution >= 4 is 17.7 Å². The molecule has 28 heavy (non-hydrogen) atoms. The van der Waals surface area contributed by atoms with Crippen molar-refractivity contribution in [2.45, 2.75) is 44.1 Å². The fourth-order valence-corrected chi connectivity index (χ4v) is 6.00. The fraction of sp³-hybridized carbons (Fsp3) is 0.545. The number of carbonyl (C=O) groups excluding carboxylic acids is 1. The predicted molar refractivity (Wildman–Crippen MR) is 110 cm³/mol.